The average molecular weight is 1310 g/mol. The van der Waals surface area contributed by atoms with E-state index < -0.39 is 0 Å². The normalized spacial score (nSPS) is 12.6. The van der Waals surface area contributed by atoms with Gasteiger partial charge in [-0.3, -0.25) is 0 Å². The van der Waals surface area contributed by atoms with Crippen LogP contribution in [-0.4, -0.2) is 15.8 Å². The number of hydrogen-bond donors (Lipinski definition) is 0. The van der Waals surface area contributed by atoms with Gasteiger partial charge in [-0.25, -0.2) is 0 Å². The highest BCUT2D eigenvalue weighted by Gasteiger charge is 2.47. The zero-order valence-corrected chi connectivity index (χ0v) is 55.7. The second kappa shape index (κ2) is 22.5. The van der Waals surface area contributed by atoms with Crippen LogP contribution in [0.25, 0.3) is 154 Å². The molecule has 0 N–H and O–H groups in total. The van der Waals surface area contributed by atoms with E-state index in [2.05, 4.69) is 377 Å². The van der Waals surface area contributed by atoms with Gasteiger partial charge in [0.25, 0.3) is 6.71 Å². The summed E-state index contributed by atoms with van der Waals surface area (Å²) in [5.74, 6) is 0. The zero-order valence-electron chi connectivity index (χ0n) is 55.7. The second-order valence-electron chi connectivity index (χ2n) is 27.4. The monoisotopic (exact) mass is 1310 g/mol. The molecule has 0 fully saturated rings. The fourth-order valence-electron chi connectivity index (χ4n) is 17.3. The molecule has 20 aromatic rings. The van der Waals surface area contributed by atoms with E-state index in [0.29, 0.717) is 0 Å². The van der Waals surface area contributed by atoms with Crippen LogP contribution in [0.3, 0.4) is 0 Å². The Labute approximate surface area is 593 Å². The Balaban J connectivity index is 0.964. The second-order valence-corrected chi connectivity index (χ2v) is 27.4. The molecule has 2 aliphatic rings. The van der Waals surface area contributed by atoms with Crippen LogP contribution in [0.4, 0.5) is 34.1 Å². The quantitative estimate of drug-likeness (QED) is 0.135. The first-order valence-electron chi connectivity index (χ1n) is 35.4. The zero-order chi connectivity index (χ0) is 67.4. The molecular formula is C96H59BN4O2. The van der Waals surface area contributed by atoms with E-state index in [1.54, 1.807) is 0 Å². The first-order valence-corrected chi connectivity index (χ1v) is 35.4. The minimum Gasteiger partial charge on any atom is -0.454 e. The Hall–Kier alpha value is -13.6. The molecule has 0 bridgehead atoms. The van der Waals surface area contributed by atoms with Gasteiger partial charge in [0.1, 0.15) is 11.2 Å². The van der Waals surface area contributed by atoms with Crippen molar-refractivity contribution in [3.8, 4) is 67.0 Å². The van der Waals surface area contributed by atoms with Gasteiger partial charge in [-0.05, 0) is 170 Å². The topological polar surface area (TPSA) is 42.6 Å². The van der Waals surface area contributed by atoms with E-state index >= 15 is 0 Å². The van der Waals surface area contributed by atoms with E-state index in [9.17, 15) is 0 Å². The maximum Gasteiger partial charge on any atom is 0.252 e. The Bertz CT molecular complexity index is 6450. The molecule has 4 aromatic heterocycles. The van der Waals surface area contributed by atoms with Crippen molar-refractivity contribution in [2.45, 2.75) is 0 Å². The molecule has 22 rings (SSSR count). The summed E-state index contributed by atoms with van der Waals surface area (Å²) in [4.78, 5) is 5.23. The highest BCUT2D eigenvalue weighted by molar-refractivity contribution is 7.00. The fourth-order valence-corrected chi connectivity index (χ4v) is 17.3. The van der Waals surface area contributed by atoms with Crippen molar-refractivity contribution in [2.24, 2.45) is 0 Å². The number of hydrogen-bond acceptors (Lipinski definition) is 4. The molecule has 6 heterocycles. The van der Waals surface area contributed by atoms with Crippen molar-refractivity contribution in [1.82, 2.24) is 9.13 Å². The third kappa shape index (κ3) is 8.63. The summed E-state index contributed by atoms with van der Waals surface area (Å²) in [7, 11) is 0. The van der Waals surface area contributed by atoms with E-state index in [4.69, 9.17) is 8.83 Å². The van der Waals surface area contributed by atoms with Crippen LogP contribution in [0.2, 0.25) is 0 Å². The lowest BCUT2D eigenvalue weighted by Crippen LogP contribution is -2.61. The Kier molecular flexibility index (Phi) is 12.5. The third-order valence-corrected chi connectivity index (χ3v) is 21.8. The number of aromatic nitrogens is 2. The SMILES string of the molecule is c1ccc(-c2cc3c4c(c2)N(c2c(-c5ccccc5)ccc5c2oc2ccccc25)c2cc5c6cc(-c7ccccc7)ccc6n(-c6ccccc6)c5cc2B4c2cc4c(cc2N3c2c(-c3ccccc3)ccc3c2oc2ccccc23)c2cc(-c3ccccc3)ccc2n4-c2ccccc2)cc1. The lowest BCUT2D eigenvalue weighted by Gasteiger charge is -2.45. The summed E-state index contributed by atoms with van der Waals surface area (Å²) in [6.07, 6.45) is 0. The molecule has 478 valence electrons. The summed E-state index contributed by atoms with van der Waals surface area (Å²) < 4.78 is 20.0. The van der Waals surface area contributed by atoms with E-state index in [1.165, 1.54) is 0 Å². The van der Waals surface area contributed by atoms with Crippen LogP contribution in [0.5, 0.6) is 0 Å². The minimum atomic E-state index is -0.379. The van der Waals surface area contributed by atoms with Crippen LogP contribution in [0, 0.1) is 0 Å². The van der Waals surface area contributed by atoms with Gasteiger partial charge in [-0.15, -0.1) is 0 Å². The first-order chi connectivity index (χ1) is 51.1. The van der Waals surface area contributed by atoms with Gasteiger partial charge in [-0.1, -0.05) is 249 Å². The van der Waals surface area contributed by atoms with E-state index in [1.807, 2.05) is 0 Å². The molecule has 0 saturated carbocycles. The molecule has 2 aliphatic heterocycles. The van der Waals surface area contributed by atoms with Gasteiger partial charge in [-0.2, -0.15) is 0 Å². The lowest BCUT2D eigenvalue weighted by molar-refractivity contribution is 0.669. The largest absolute Gasteiger partial charge is 0.454 e. The number of rotatable bonds is 9. The number of fused-ring (bicyclic) bond motifs is 16. The Morgan fingerprint density at radius 2 is 0.573 bits per heavy atom. The summed E-state index contributed by atoms with van der Waals surface area (Å²) in [5.41, 5.74) is 30.5. The lowest BCUT2D eigenvalue weighted by atomic mass is 9.33. The van der Waals surface area contributed by atoms with Gasteiger partial charge >= 0.3 is 0 Å². The van der Waals surface area contributed by atoms with Gasteiger partial charge in [0, 0.05) is 88.3 Å². The van der Waals surface area contributed by atoms with E-state index in [-0.39, 0.29) is 6.71 Å². The molecule has 16 aromatic carbocycles. The van der Waals surface area contributed by atoms with Crippen molar-refractivity contribution in [3.05, 3.63) is 358 Å². The maximum absolute atomic E-state index is 7.51. The average Bonchev–Trinajstić information content (AvgIpc) is 1.67. The van der Waals surface area contributed by atoms with Gasteiger partial charge < -0.3 is 27.8 Å². The Morgan fingerprint density at radius 1 is 0.223 bits per heavy atom. The Morgan fingerprint density at radius 3 is 0.981 bits per heavy atom. The molecule has 0 aliphatic carbocycles. The molecule has 0 unspecified atom stereocenters. The molecular weight excluding hydrogens is 1250 g/mol. The molecule has 0 amide bonds. The summed E-state index contributed by atoms with van der Waals surface area (Å²) in [6, 6.07) is 132. The number of para-hydroxylation sites is 4. The minimum absolute atomic E-state index is 0.379. The molecule has 0 spiro atoms. The first kappa shape index (κ1) is 57.3. The van der Waals surface area contributed by atoms with Crippen molar-refractivity contribution in [2.75, 3.05) is 9.80 Å². The summed E-state index contributed by atoms with van der Waals surface area (Å²) in [6.45, 7) is -0.379. The van der Waals surface area contributed by atoms with Crippen LogP contribution >= 0.6 is 0 Å². The number of nitrogens with zero attached hydrogens (tertiary/aromatic N) is 4. The molecule has 7 heteroatoms. The molecule has 6 nitrogen and oxygen atoms in total. The van der Waals surface area contributed by atoms with Crippen molar-refractivity contribution in [3.63, 3.8) is 0 Å². The predicted octanol–water partition coefficient (Wildman–Crippen LogP) is 24.1. The highest BCUT2D eigenvalue weighted by Crippen LogP contribution is 2.56. The molecule has 0 atom stereocenters. The molecule has 0 saturated heterocycles. The van der Waals surface area contributed by atoms with Gasteiger partial charge in [0.15, 0.2) is 11.2 Å². The predicted molar refractivity (Wildman–Crippen MR) is 431 cm³/mol. The van der Waals surface area contributed by atoms with Crippen molar-refractivity contribution >= 4 is 145 Å². The fraction of sp³-hybridized carbons (Fsp3) is 0. The van der Waals surface area contributed by atoms with Crippen LogP contribution in [0.1, 0.15) is 0 Å². The maximum atomic E-state index is 7.51. The smallest absolute Gasteiger partial charge is 0.252 e. The number of furan rings is 2. The summed E-state index contributed by atoms with van der Waals surface area (Å²) in [5, 5.41) is 8.79. The van der Waals surface area contributed by atoms with Crippen LogP contribution in [0.15, 0.2) is 367 Å². The van der Waals surface area contributed by atoms with Crippen LogP contribution in [-0.2, 0) is 0 Å². The standard InChI is InChI=1S/C96H59BN4O2/c1-8-26-60(27-9-1)65-44-50-82-76(52-65)78-56-86-80(58-84(78)98(82)68-36-18-6-19-37-68)97-81-59-85-79(77-53-66(61-28-10-2-11-29-61)45-51-83(77)99(85)69-38-20-7-21-39-69)57-87(81)101(94-71(64-34-16-5-17-35-64)47-49-75-73-41-23-25-43-91(73)103-96(75)94)89-55-67(62-30-12-3-13-31-62)54-88(92(89)97)100(86)93-70(63-32-14-4-15-33-63)46-48-74-72-40-22-24-42-90(72)102-95(74)93/h1-59H. The van der Waals surface area contributed by atoms with Crippen LogP contribution < -0.4 is 26.2 Å². The van der Waals surface area contributed by atoms with E-state index in [0.717, 1.165) is 205 Å². The van der Waals surface area contributed by atoms with Gasteiger partial charge in [0.05, 0.1) is 33.4 Å². The van der Waals surface area contributed by atoms with Gasteiger partial charge in [0.2, 0.25) is 0 Å². The molecule has 103 heavy (non-hydrogen) atoms. The van der Waals surface area contributed by atoms with Crippen molar-refractivity contribution < 1.29 is 8.83 Å². The summed E-state index contributed by atoms with van der Waals surface area (Å²) >= 11 is 0. The molecule has 0 radical (unpaired) electrons. The van der Waals surface area contributed by atoms with Crippen molar-refractivity contribution in [1.29, 1.82) is 0 Å². The third-order valence-electron chi connectivity index (χ3n) is 21.8. The highest BCUT2D eigenvalue weighted by atomic mass is 16.3. The number of benzene rings is 16. The number of anilines is 6.